The van der Waals surface area contributed by atoms with Gasteiger partial charge in [-0.3, -0.25) is 0 Å². The fourth-order valence-corrected chi connectivity index (χ4v) is 3.12. The molecule has 126 valence electrons. The minimum Gasteiger partial charge on any atom is -0.373 e. The summed E-state index contributed by atoms with van der Waals surface area (Å²) in [7, 11) is -1.59. The Labute approximate surface area is 139 Å². The van der Waals surface area contributed by atoms with E-state index in [1.165, 1.54) is 0 Å². The van der Waals surface area contributed by atoms with Crippen LogP contribution in [0.25, 0.3) is 22.3 Å². The van der Waals surface area contributed by atoms with E-state index in [0.29, 0.717) is 11.6 Å². The van der Waals surface area contributed by atoms with Crippen molar-refractivity contribution in [2.75, 3.05) is 18.6 Å². The number of rotatable bonds is 5. The molecule has 24 heavy (non-hydrogen) atoms. The van der Waals surface area contributed by atoms with Crippen LogP contribution < -0.4 is 10.0 Å². The maximum atomic E-state index is 11.3. The van der Waals surface area contributed by atoms with Crippen LogP contribution in [0.1, 0.15) is 18.9 Å². The summed E-state index contributed by atoms with van der Waals surface area (Å²) in [5.41, 5.74) is 1.56. The second-order valence-electron chi connectivity index (χ2n) is 5.39. The lowest BCUT2D eigenvalue weighted by Crippen LogP contribution is -2.25. The van der Waals surface area contributed by atoms with Crippen molar-refractivity contribution >= 4 is 26.7 Å². The van der Waals surface area contributed by atoms with E-state index in [9.17, 15) is 8.42 Å². The molecule has 0 spiro atoms. The van der Waals surface area contributed by atoms with E-state index in [1.807, 2.05) is 30.3 Å². The maximum absolute atomic E-state index is 11.3. The van der Waals surface area contributed by atoms with E-state index in [4.69, 9.17) is 4.52 Å². The van der Waals surface area contributed by atoms with Gasteiger partial charge in [0.25, 0.3) is 0 Å². The molecule has 0 radical (unpaired) electrons. The van der Waals surface area contributed by atoms with Crippen molar-refractivity contribution in [1.82, 2.24) is 19.8 Å². The smallest absolute Gasteiger partial charge is 0.244 e. The fourth-order valence-electron chi connectivity index (χ4n) is 2.38. The molecule has 1 aromatic carbocycles. The van der Waals surface area contributed by atoms with Gasteiger partial charge < -0.3 is 9.84 Å². The Balaban J connectivity index is 2.05. The Morgan fingerprint density at radius 2 is 1.96 bits per heavy atom. The van der Waals surface area contributed by atoms with Crippen molar-refractivity contribution in [3.63, 3.8) is 0 Å². The highest BCUT2D eigenvalue weighted by atomic mass is 32.2. The van der Waals surface area contributed by atoms with Gasteiger partial charge in [0.05, 0.1) is 17.8 Å². The van der Waals surface area contributed by atoms with Crippen molar-refractivity contribution in [2.24, 2.45) is 0 Å². The van der Waals surface area contributed by atoms with Crippen LogP contribution in [0.2, 0.25) is 0 Å². The number of aromatic nitrogens is 3. The molecule has 0 saturated heterocycles. The van der Waals surface area contributed by atoms with Crippen LogP contribution >= 0.6 is 0 Å². The van der Waals surface area contributed by atoms with Crippen LogP contribution in [-0.4, -0.2) is 36.8 Å². The lowest BCUT2D eigenvalue weighted by atomic mass is 10.1. The van der Waals surface area contributed by atoms with Gasteiger partial charge in [0.2, 0.25) is 21.7 Å². The molecule has 0 amide bonds. The average molecular weight is 347 g/mol. The summed E-state index contributed by atoms with van der Waals surface area (Å²) in [6, 6.07) is 8.84. The predicted molar refractivity (Wildman–Crippen MR) is 91.0 cm³/mol. The van der Waals surface area contributed by atoms with E-state index in [2.05, 4.69) is 25.2 Å². The number of hydrogen-bond donors (Lipinski definition) is 2. The van der Waals surface area contributed by atoms with E-state index in [-0.39, 0.29) is 5.89 Å². The van der Waals surface area contributed by atoms with Gasteiger partial charge in [-0.25, -0.2) is 18.1 Å². The Kier molecular flexibility index (Phi) is 4.20. The molecule has 0 fully saturated rings. The lowest BCUT2D eigenvalue weighted by Gasteiger charge is -2.07. The number of hydrogen-bond acceptors (Lipinski definition) is 7. The topological polar surface area (TPSA) is 110 Å². The van der Waals surface area contributed by atoms with Crippen molar-refractivity contribution in [3.8, 4) is 11.4 Å². The Bertz CT molecular complexity index is 984. The number of benzene rings is 1. The van der Waals surface area contributed by atoms with E-state index < -0.39 is 16.1 Å². The zero-order valence-corrected chi connectivity index (χ0v) is 14.3. The normalized spacial score (nSPS) is 13.1. The van der Waals surface area contributed by atoms with Crippen LogP contribution in [0.4, 0.5) is 5.82 Å². The first kappa shape index (κ1) is 16.3. The zero-order valence-electron chi connectivity index (χ0n) is 13.4. The summed E-state index contributed by atoms with van der Waals surface area (Å²) < 4.78 is 30.3. The summed E-state index contributed by atoms with van der Waals surface area (Å²) in [6.07, 6.45) is 1.08. The Morgan fingerprint density at radius 1 is 1.21 bits per heavy atom. The van der Waals surface area contributed by atoms with Gasteiger partial charge in [-0.2, -0.15) is 4.98 Å². The molecule has 0 aliphatic rings. The molecule has 0 bridgehead atoms. The molecule has 0 aliphatic carbocycles. The van der Waals surface area contributed by atoms with Crippen LogP contribution in [0.3, 0.4) is 0 Å². The van der Waals surface area contributed by atoms with Gasteiger partial charge in [0, 0.05) is 18.0 Å². The molecule has 3 rings (SSSR count). The van der Waals surface area contributed by atoms with Crippen LogP contribution in [0.15, 0.2) is 34.9 Å². The quantitative estimate of drug-likeness (QED) is 0.725. The number of nitrogens with zero attached hydrogens (tertiary/aromatic N) is 3. The molecule has 3 aromatic rings. The largest absolute Gasteiger partial charge is 0.373 e. The van der Waals surface area contributed by atoms with Crippen LogP contribution in [0, 0.1) is 0 Å². The predicted octanol–water partition coefficient (Wildman–Crippen LogP) is 1.94. The molecule has 2 aromatic heterocycles. The second-order valence-corrected chi connectivity index (χ2v) is 7.17. The third-order valence-corrected chi connectivity index (χ3v) is 4.20. The minimum absolute atomic E-state index is 0.197. The molecule has 2 heterocycles. The summed E-state index contributed by atoms with van der Waals surface area (Å²) in [4.78, 5) is 8.81. The van der Waals surface area contributed by atoms with Crippen molar-refractivity contribution < 1.29 is 12.9 Å². The molecule has 1 unspecified atom stereocenters. The minimum atomic E-state index is -3.37. The Hall–Kier alpha value is -2.52. The van der Waals surface area contributed by atoms with Gasteiger partial charge in [0.15, 0.2) is 0 Å². The second kappa shape index (κ2) is 6.17. The van der Waals surface area contributed by atoms with Crippen molar-refractivity contribution in [1.29, 1.82) is 0 Å². The number of fused-ring (bicyclic) bond motifs is 1. The fraction of sp³-hybridized carbons (Fsp3) is 0.267. The van der Waals surface area contributed by atoms with Gasteiger partial charge in [0.1, 0.15) is 5.82 Å². The standard InChI is InChI=1S/C15H17N5O3S/c1-9(20-24(3,21)22)15-18-14(19-23-15)11-8-13(16-2)17-12-7-5-4-6-10(11)12/h4-9,20H,1-3H3,(H,16,17). The van der Waals surface area contributed by atoms with E-state index in [0.717, 1.165) is 22.7 Å². The molecule has 8 nitrogen and oxygen atoms in total. The van der Waals surface area contributed by atoms with Crippen LogP contribution in [-0.2, 0) is 10.0 Å². The molecule has 0 saturated carbocycles. The van der Waals surface area contributed by atoms with Gasteiger partial charge in [-0.15, -0.1) is 0 Å². The zero-order chi connectivity index (χ0) is 17.3. The van der Waals surface area contributed by atoms with Crippen molar-refractivity contribution in [3.05, 3.63) is 36.2 Å². The lowest BCUT2D eigenvalue weighted by molar-refractivity contribution is 0.354. The highest BCUT2D eigenvalue weighted by molar-refractivity contribution is 7.88. The monoisotopic (exact) mass is 347 g/mol. The summed E-state index contributed by atoms with van der Waals surface area (Å²) in [5, 5.41) is 7.87. The van der Waals surface area contributed by atoms with Gasteiger partial charge in [-0.05, 0) is 19.1 Å². The highest BCUT2D eigenvalue weighted by Gasteiger charge is 2.19. The Morgan fingerprint density at radius 3 is 2.67 bits per heavy atom. The molecule has 0 aliphatic heterocycles. The van der Waals surface area contributed by atoms with Gasteiger partial charge >= 0.3 is 0 Å². The van der Waals surface area contributed by atoms with E-state index in [1.54, 1.807) is 14.0 Å². The van der Waals surface area contributed by atoms with Crippen LogP contribution in [0.5, 0.6) is 0 Å². The molecule has 1 atom stereocenters. The average Bonchev–Trinajstić information content (AvgIpc) is 3.02. The molecule has 9 heteroatoms. The number of sulfonamides is 1. The number of anilines is 1. The van der Waals surface area contributed by atoms with Crippen molar-refractivity contribution in [2.45, 2.75) is 13.0 Å². The highest BCUT2D eigenvalue weighted by Crippen LogP contribution is 2.29. The number of pyridine rings is 1. The molecular formula is C15H17N5O3S. The number of para-hydroxylation sites is 1. The maximum Gasteiger partial charge on any atom is 0.244 e. The molecule has 2 N–H and O–H groups in total. The first-order chi connectivity index (χ1) is 11.4. The molecular weight excluding hydrogens is 330 g/mol. The summed E-state index contributed by atoms with van der Waals surface area (Å²) >= 11 is 0. The first-order valence-electron chi connectivity index (χ1n) is 7.26. The number of nitrogens with one attached hydrogen (secondary N) is 2. The third-order valence-electron chi connectivity index (χ3n) is 3.42. The summed E-state index contributed by atoms with van der Waals surface area (Å²) in [6.45, 7) is 1.64. The van der Waals surface area contributed by atoms with Gasteiger partial charge in [-0.1, -0.05) is 23.4 Å². The first-order valence-corrected chi connectivity index (χ1v) is 9.15. The third kappa shape index (κ3) is 3.36. The summed E-state index contributed by atoms with van der Waals surface area (Å²) in [5.74, 6) is 1.25. The SMILES string of the molecule is CNc1cc(-c2noc(C(C)NS(C)(=O)=O)n2)c2ccccc2n1. The van der Waals surface area contributed by atoms with E-state index >= 15 is 0 Å².